The van der Waals surface area contributed by atoms with Gasteiger partial charge in [0.2, 0.25) is 5.91 Å². The van der Waals surface area contributed by atoms with Gasteiger partial charge in [0.05, 0.1) is 5.92 Å². The van der Waals surface area contributed by atoms with Crippen molar-refractivity contribution >= 4 is 27.5 Å². The number of anilines is 1. The summed E-state index contributed by atoms with van der Waals surface area (Å²) in [6.45, 7) is 5.96. The molecule has 0 spiro atoms. The van der Waals surface area contributed by atoms with Crippen LogP contribution in [0.2, 0.25) is 0 Å². The number of nitrogens with one attached hydrogen (secondary N) is 1. The van der Waals surface area contributed by atoms with Crippen LogP contribution in [-0.4, -0.2) is 5.91 Å². The van der Waals surface area contributed by atoms with Gasteiger partial charge in [0.25, 0.3) is 0 Å². The fourth-order valence-corrected chi connectivity index (χ4v) is 2.39. The maximum absolute atomic E-state index is 12.3. The Morgan fingerprint density at radius 3 is 2.20 bits per heavy atom. The van der Waals surface area contributed by atoms with Crippen molar-refractivity contribution in [1.29, 1.82) is 0 Å². The molecule has 0 saturated carbocycles. The van der Waals surface area contributed by atoms with Crippen molar-refractivity contribution in [3.63, 3.8) is 0 Å². The second kappa shape index (κ2) is 6.23. The van der Waals surface area contributed by atoms with Crippen LogP contribution < -0.4 is 5.32 Å². The number of carbonyl (C=O) groups is 1. The summed E-state index contributed by atoms with van der Waals surface area (Å²) in [5.74, 6) is -0.155. The molecule has 0 aliphatic carbocycles. The van der Waals surface area contributed by atoms with Gasteiger partial charge in [0.1, 0.15) is 0 Å². The molecule has 0 fully saturated rings. The molecule has 2 aromatic rings. The minimum Gasteiger partial charge on any atom is -0.326 e. The van der Waals surface area contributed by atoms with Gasteiger partial charge in [0.15, 0.2) is 0 Å². The molecular weight excluding hydrogens is 314 g/mol. The molecule has 1 N–H and O–H groups in total. The molecule has 2 nitrogen and oxygen atoms in total. The molecule has 0 aliphatic heterocycles. The highest BCUT2D eigenvalue weighted by Gasteiger charge is 2.15. The molecule has 0 radical (unpaired) electrons. The Kier molecular flexibility index (Phi) is 4.61. The lowest BCUT2D eigenvalue weighted by atomic mass is 10.0. The van der Waals surface area contributed by atoms with Crippen molar-refractivity contribution in [1.82, 2.24) is 0 Å². The predicted octanol–water partition coefficient (Wildman–Crippen LogP) is 4.81. The molecule has 0 aliphatic rings. The van der Waals surface area contributed by atoms with Crippen LogP contribution >= 0.6 is 15.9 Å². The molecule has 2 aromatic carbocycles. The van der Waals surface area contributed by atoms with Gasteiger partial charge in [0, 0.05) is 10.2 Å². The topological polar surface area (TPSA) is 29.1 Å². The summed E-state index contributed by atoms with van der Waals surface area (Å²) in [5, 5.41) is 2.99. The summed E-state index contributed by atoms with van der Waals surface area (Å²) in [4.78, 5) is 12.3. The third kappa shape index (κ3) is 3.28. The van der Waals surface area contributed by atoms with Crippen molar-refractivity contribution in [3.8, 4) is 0 Å². The summed E-state index contributed by atoms with van der Waals surface area (Å²) >= 11 is 3.53. The van der Waals surface area contributed by atoms with Crippen molar-refractivity contribution in [2.75, 3.05) is 5.32 Å². The lowest BCUT2D eigenvalue weighted by Gasteiger charge is -2.14. The molecule has 0 heterocycles. The number of halogens is 1. The van der Waals surface area contributed by atoms with E-state index in [1.807, 2.05) is 63.2 Å². The predicted molar refractivity (Wildman–Crippen MR) is 87.1 cm³/mol. The quantitative estimate of drug-likeness (QED) is 0.859. The van der Waals surface area contributed by atoms with Gasteiger partial charge in [-0.3, -0.25) is 4.79 Å². The van der Waals surface area contributed by atoms with Gasteiger partial charge in [-0.25, -0.2) is 0 Å². The van der Waals surface area contributed by atoms with E-state index in [9.17, 15) is 4.79 Å². The van der Waals surface area contributed by atoms with Gasteiger partial charge in [-0.05, 0) is 49.6 Å². The Hall–Kier alpha value is -1.61. The van der Waals surface area contributed by atoms with Crippen LogP contribution in [0.5, 0.6) is 0 Å². The van der Waals surface area contributed by atoms with Gasteiger partial charge < -0.3 is 5.32 Å². The zero-order chi connectivity index (χ0) is 14.7. The van der Waals surface area contributed by atoms with Crippen molar-refractivity contribution in [2.24, 2.45) is 0 Å². The number of rotatable bonds is 3. The van der Waals surface area contributed by atoms with E-state index in [1.165, 1.54) is 0 Å². The van der Waals surface area contributed by atoms with E-state index in [-0.39, 0.29) is 11.8 Å². The zero-order valence-corrected chi connectivity index (χ0v) is 13.5. The average Bonchev–Trinajstić information content (AvgIpc) is 2.44. The highest BCUT2D eigenvalue weighted by Crippen LogP contribution is 2.26. The van der Waals surface area contributed by atoms with Crippen LogP contribution in [-0.2, 0) is 4.79 Å². The molecule has 1 atom stereocenters. The summed E-state index contributed by atoms with van der Waals surface area (Å²) in [5.41, 5.74) is 4.10. The largest absolute Gasteiger partial charge is 0.326 e. The maximum atomic E-state index is 12.3. The Labute approximate surface area is 128 Å². The summed E-state index contributed by atoms with van der Waals surface area (Å²) in [6, 6.07) is 13.8. The second-order valence-electron chi connectivity index (χ2n) is 5.05. The van der Waals surface area contributed by atoms with E-state index in [2.05, 4.69) is 21.2 Å². The minimum absolute atomic E-state index is 0.0114. The summed E-state index contributed by atoms with van der Waals surface area (Å²) < 4.78 is 1.09. The van der Waals surface area contributed by atoms with E-state index in [0.717, 1.165) is 26.9 Å². The summed E-state index contributed by atoms with van der Waals surface area (Å²) in [7, 11) is 0. The monoisotopic (exact) mass is 331 g/mol. The first-order valence-electron chi connectivity index (χ1n) is 6.61. The molecule has 1 unspecified atom stereocenters. The van der Waals surface area contributed by atoms with Crippen LogP contribution in [0.15, 0.2) is 46.9 Å². The second-order valence-corrected chi connectivity index (χ2v) is 5.84. The van der Waals surface area contributed by atoms with Gasteiger partial charge in [-0.1, -0.05) is 46.3 Å². The van der Waals surface area contributed by atoms with E-state index < -0.39 is 0 Å². The highest BCUT2D eigenvalue weighted by atomic mass is 79.9. The first-order valence-corrected chi connectivity index (χ1v) is 7.41. The normalized spacial score (nSPS) is 12.0. The fraction of sp³-hybridized carbons (Fsp3) is 0.235. The maximum Gasteiger partial charge on any atom is 0.231 e. The van der Waals surface area contributed by atoms with E-state index in [1.54, 1.807) is 0 Å². The molecular formula is C17H18BrNO. The lowest BCUT2D eigenvalue weighted by molar-refractivity contribution is -0.117. The van der Waals surface area contributed by atoms with Crippen molar-refractivity contribution in [2.45, 2.75) is 26.7 Å². The first-order chi connectivity index (χ1) is 9.49. The molecule has 3 heteroatoms. The van der Waals surface area contributed by atoms with Crippen molar-refractivity contribution < 1.29 is 4.79 Å². The smallest absolute Gasteiger partial charge is 0.231 e. The molecule has 0 bridgehead atoms. The van der Waals surface area contributed by atoms with Gasteiger partial charge in [-0.2, -0.15) is 0 Å². The zero-order valence-electron chi connectivity index (χ0n) is 11.9. The number of benzene rings is 2. The lowest BCUT2D eigenvalue weighted by Crippen LogP contribution is -2.19. The molecule has 104 valence electrons. The van der Waals surface area contributed by atoms with Crippen molar-refractivity contribution in [3.05, 3.63) is 63.6 Å². The van der Waals surface area contributed by atoms with E-state index in [4.69, 9.17) is 0 Å². The Morgan fingerprint density at radius 2 is 1.65 bits per heavy atom. The summed E-state index contributed by atoms with van der Waals surface area (Å²) in [6.07, 6.45) is 0. The molecule has 20 heavy (non-hydrogen) atoms. The number of aryl methyl sites for hydroxylation is 2. The van der Waals surface area contributed by atoms with Crippen LogP contribution in [0, 0.1) is 13.8 Å². The van der Waals surface area contributed by atoms with E-state index in [0.29, 0.717) is 0 Å². The molecule has 2 rings (SSSR count). The standard InChI is InChI=1S/C17H18BrNO/c1-11-9-15(10-12(2)16(11)18)19-17(20)13(3)14-7-5-4-6-8-14/h4-10,13H,1-3H3,(H,19,20). The molecule has 0 saturated heterocycles. The Balaban J connectivity index is 2.16. The Bertz CT molecular complexity index is 599. The van der Waals surface area contributed by atoms with Crippen LogP contribution in [0.1, 0.15) is 29.5 Å². The SMILES string of the molecule is Cc1cc(NC(=O)C(C)c2ccccc2)cc(C)c1Br. The van der Waals surface area contributed by atoms with Crippen LogP contribution in [0.25, 0.3) is 0 Å². The number of hydrogen-bond donors (Lipinski definition) is 1. The minimum atomic E-state index is -0.166. The van der Waals surface area contributed by atoms with Gasteiger partial charge in [-0.15, -0.1) is 0 Å². The van der Waals surface area contributed by atoms with E-state index >= 15 is 0 Å². The van der Waals surface area contributed by atoms with Crippen LogP contribution in [0.3, 0.4) is 0 Å². The third-order valence-electron chi connectivity index (χ3n) is 3.40. The number of hydrogen-bond acceptors (Lipinski definition) is 1. The fourth-order valence-electron chi connectivity index (χ4n) is 2.16. The third-order valence-corrected chi connectivity index (χ3v) is 4.65. The molecule has 0 aromatic heterocycles. The molecule has 1 amide bonds. The van der Waals surface area contributed by atoms with Crippen LogP contribution in [0.4, 0.5) is 5.69 Å². The highest BCUT2D eigenvalue weighted by molar-refractivity contribution is 9.10. The van der Waals surface area contributed by atoms with Gasteiger partial charge >= 0.3 is 0 Å². The number of amides is 1. The Morgan fingerprint density at radius 1 is 1.10 bits per heavy atom. The number of carbonyl (C=O) groups excluding carboxylic acids is 1. The first kappa shape index (κ1) is 14.8. The average molecular weight is 332 g/mol.